The van der Waals surface area contributed by atoms with Crippen LogP contribution in [0.4, 0.5) is 0 Å². The SMILES string of the molecule is CC(=O)OCCC/C(=C/CCCO)[Si](C)(C)c1ccccc1. The van der Waals surface area contributed by atoms with Gasteiger partial charge in [-0.15, -0.1) is 0 Å². The van der Waals surface area contributed by atoms with Crippen LogP contribution in [-0.2, 0) is 9.53 Å². The molecule has 0 radical (unpaired) electrons. The first-order valence-electron chi connectivity index (χ1n) is 7.97. The largest absolute Gasteiger partial charge is 0.466 e. The molecule has 0 amide bonds. The van der Waals surface area contributed by atoms with E-state index in [1.165, 1.54) is 17.3 Å². The highest BCUT2D eigenvalue weighted by Gasteiger charge is 2.27. The highest BCUT2D eigenvalue weighted by atomic mass is 28.3. The van der Waals surface area contributed by atoms with Crippen LogP contribution in [0.15, 0.2) is 41.6 Å². The zero-order chi connectivity index (χ0) is 16.4. The average molecular weight is 321 g/mol. The maximum Gasteiger partial charge on any atom is 0.302 e. The van der Waals surface area contributed by atoms with Crippen molar-refractivity contribution < 1.29 is 14.6 Å². The molecule has 1 rings (SSSR count). The molecule has 0 aliphatic carbocycles. The van der Waals surface area contributed by atoms with Crippen molar-refractivity contribution >= 4 is 19.2 Å². The van der Waals surface area contributed by atoms with Gasteiger partial charge in [-0.1, -0.05) is 59.9 Å². The Morgan fingerprint density at radius 2 is 1.91 bits per heavy atom. The van der Waals surface area contributed by atoms with E-state index in [-0.39, 0.29) is 12.6 Å². The lowest BCUT2D eigenvalue weighted by molar-refractivity contribution is -0.141. The van der Waals surface area contributed by atoms with Crippen LogP contribution in [0.5, 0.6) is 0 Å². The minimum Gasteiger partial charge on any atom is -0.466 e. The summed E-state index contributed by atoms with van der Waals surface area (Å²) in [7, 11) is -1.70. The molecule has 0 bridgehead atoms. The van der Waals surface area contributed by atoms with E-state index in [0.717, 1.165) is 25.7 Å². The van der Waals surface area contributed by atoms with Crippen LogP contribution in [0.25, 0.3) is 0 Å². The van der Waals surface area contributed by atoms with Gasteiger partial charge >= 0.3 is 5.97 Å². The standard InChI is InChI=1S/C18H28O3Si/c1-16(20)21-15-9-13-18(12-7-8-14-19)22(2,3)17-10-5-4-6-11-17/h4-6,10-12,19H,7-9,13-15H2,1-3H3/b18-12-. The predicted octanol–water partition coefficient (Wildman–Crippen LogP) is 3.18. The summed E-state index contributed by atoms with van der Waals surface area (Å²) in [5, 5.41) is 11.9. The van der Waals surface area contributed by atoms with Gasteiger partial charge in [-0.2, -0.15) is 0 Å². The summed E-state index contributed by atoms with van der Waals surface area (Å²) in [4.78, 5) is 10.9. The van der Waals surface area contributed by atoms with Crippen molar-refractivity contribution in [3.8, 4) is 0 Å². The topological polar surface area (TPSA) is 46.5 Å². The first-order valence-corrected chi connectivity index (χ1v) is 11.0. The van der Waals surface area contributed by atoms with Gasteiger partial charge in [0, 0.05) is 13.5 Å². The van der Waals surface area contributed by atoms with E-state index >= 15 is 0 Å². The Hall–Kier alpha value is -1.39. The molecule has 0 spiro atoms. The van der Waals surface area contributed by atoms with Crippen LogP contribution >= 0.6 is 0 Å². The molecule has 0 saturated heterocycles. The fourth-order valence-corrected chi connectivity index (χ4v) is 5.41. The molecule has 0 saturated carbocycles. The molecule has 0 unspecified atom stereocenters. The lowest BCUT2D eigenvalue weighted by Crippen LogP contribution is -2.43. The summed E-state index contributed by atoms with van der Waals surface area (Å²) in [6.45, 7) is 6.87. The molecule has 0 aromatic heterocycles. The van der Waals surface area contributed by atoms with Gasteiger partial charge in [-0.05, 0) is 25.7 Å². The Morgan fingerprint density at radius 1 is 1.23 bits per heavy atom. The average Bonchev–Trinajstić information content (AvgIpc) is 2.50. The second-order valence-electron chi connectivity index (χ2n) is 6.03. The lowest BCUT2D eigenvalue weighted by Gasteiger charge is -2.27. The van der Waals surface area contributed by atoms with Crippen molar-refractivity contribution in [3.05, 3.63) is 41.6 Å². The number of esters is 1. The van der Waals surface area contributed by atoms with E-state index in [2.05, 4.69) is 43.4 Å². The third-order valence-electron chi connectivity index (χ3n) is 3.95. The van der Waals surface area contributed by atoms with E-state index < -0.39 is 8.07 Å². The Balaban J connectivity index is 2.80. The molecular weight excluding hydrogens is 292 g/mol. The second kappa shape index (κ2) is 9.59. The highest BCUT2D eigenvalue weighted by molar-refractivity contribution is 6.95. The molecule has 1 N–H and O–H groups in total. The summed E-state index contributed by atoms with van der Waals surface area (Å²) in [6, 6.07) is 10.6. The Kier molecular flexibility index (Phi) is 8.13. The molecule has 0 aliphatic heterocycles. The van der Waals surface area contributed by atoms with Crippen LogP contribution in [0.3, 0.4) is 0 Å². The van der Waals surface area contributed by atoms with Crippen molar-refractivity contribution in [1.82, 2.24) is 0 Å². The number of unbranched alkanes of at least 4 members (excludes halogenated alkanes) is 1. The van der Waals surface area contributed by atoms with Crippen molar-refractivity contribution in [3.63, 3.8) is 0 Å². The van der Waals surface area contributed by atoms with Crippen LogP contribution < -0.4 is 5.19 Å². The van der Waals surface area contributed by atoms with Crippen molar-refractivity contribution in [2.75, 3.05) is 13.2 Å². The van der Waals surface area contributed by atoms with Gasteiger partial charge in [0.15, 0.2) is 0 Å². The monoisotopic (exact) mass is 320 g/mol. The minimum atomic E-state index is -1.70. The molecule has 22 heavy (non-hydrogen) atoms. The molecule has 3 nitrogen and oxygen atoms in total. The number of allylic oxidation sites excluding steroid dienone is 2. The van der Waals surface area contributed by atoms with E-state index in [9.17, 15) is 4.79 Å². The molecule has 4 heteroatoms. The fourth-order valence-electron chi connectivity index (χ4n) is 2.56. The van der Waals surface area contributed by atoms with Crippen molar-refractivity contribution in [2.24, 2.45) is 0 Å². The van der Waals surface area contributed by atoms with Crippen molar-refractivity contribution in [1.29, 1.82) is 0 Å². The summed E-state index contributed by atoms with van der Waals surface area (Å²) >= 11 is 0. The maximum atomic E-state index is 10.9. The Morgan fingerprint density at radius 3 is 2.50 bits per heavy atom. The summed E-state index contributed by atoms with van der Waals surface area (Å²) < 4.78 is 5.05. The molecular formula is C18H28O3Si. The van der Waals surface area contributed by atoms with Gasteiger partial charge < -0.3 is 9.84 Å². The highest BCUT2D eigenvalue weighted by Crippen LogP contribution is 2.21. The number of aliphatic hydroxyl groups is 1. The first kappa shape index (κ1) is 18.7. The number of ether oxygens (including phenoxy) is 1. The molecule has 1 aromatic rings. The summed E-state index contributed by atoms with van der Waals surface area (Å²) in [5.74, 6) is -0.217. The van der Waals surface area contributed by atoms with E-state index in [4.69, 9.17) is 9.84 Å². The smallest absolute Gasteiger partial charge is 0.302 e. The minimum absolute atomic E-state index is 0.217. The first-order chi connectivity index (χ1) is 10.5. The van der Waals surface area contributed by atoms with E-state index in [0.29, 0.717) is 6.61 Å². The van der Waals surface area contributed by atoms with Gasteiger partial charge in [-0.25, -0.2) is 0 Å². The molecule has 0 heterocycles. The maximum absolute atomic E-state index is 10.9. The fraction of sp³-hybridized carbons (Fsp3) is 0.500. The van der Waals surface area contributed by atoms with Gasteiger partial charge in [-0.3, -0.25) is 4.79 Å². The Bertz CT molecular complexity index is 480. The Labute approximate surface area is 135 Å². The van der Waals surface area contributed by atoms with Gasteiger partial charge in [0.25, 0.3) is 0 Å². The lowest BCUT2D eigenvalue weighted by atomic mass is 10.2. The summed E-state index contributed by atoms with van der Waals surface area (Å²) in [6.07, 6.45) is 5.80. The number of hydrogen-bond acceptors (Lipinski definition) is 3. The number of aliphatic hydroxyl groups excluding tert-OH is 1. The van der Waals surface area contributed by atoms with E-state index in [1.54, 1.807) is 0 Å². The van der Waals surface area contributed by atoms with Crippen LogP contribution in [-0.4, -0.2) is 32.4 Å². The second-order valence-corrected chi connectivity index (χ2v) is 10.5. The number of carbonyl (C=O) groups is 1. The molecule has 0 atom stereocenters. The molecule has 1 aromatic carbocycles. The normalized spacial score (nSPS) is 12.3. The molecule has 122 valence electrons. The van der Waals surface area contributed by atoms with Gasteiger partial charge in [0.1, 0.15) is 8.07 Å². The van der Waals surface area contributed by atoms with Crippen LogP contribution in [0.1, 0.15) is 32.6 Å². The number of benzene rings is 1. The predicted molar refractivity (Wildman–Crippen MR) is 93.8 cm³/mol. The quantitative estimate of drug-likeness (QED) is 0.432. The van der Waals surface area contributed by atoms with Gasteiger partial charge in [0.05, 0.1) is 6.61 Å². The number of hydrogen-bond donors (Lipinski definition) is 1. The zero-order valence-corrected chi connectivity index (χ0v) is 15.0. The summed E-state index contributed by atoms with van der Waals surface area (Å²) in [5.41, 5.74) is 0. The van der Waals surface area contributed by atoms with Crippen LogP contribution in [0.2, 0.25) is 13.1 Å². The third-order valence-corrected chi connectivity index (χ3v) is 7.78. The number of rotatable bonds is 9. The van der Waals surface area contributed by atoms with Crippen molar-refractivity contribution in [2.45, 2.75) is 45.7 Å². The number of carbonyl (C=O) groups excluding carboxylic acids is 1. The zero-order valence-electron chi connectivity index (χ0n) is 14.0. The third kappa shape index (κ3) is 6.16. The molecule has 0 aliphatic rings. The molecule has 0 fully saturated rings. The van der Waals surface area contributed by atoms with Gasteiger partial charge in [0.2, 0.25) is 0 Å². The van der Waals surface area contributed by atoms with Crippen LogP contribution in [0, 0.1) is 0 Å². The van der Waals surface area contributed by atoms with E-state index in [1.807, 2.05) is 6.07 Å².